The molecule has 0 amide bonds. The number of fused-ring (bicyclic) bond motifs is 6. The van der Waals surface area contributed by atoms with Crippen LogP contribution in [0, 0.1) is 0 Å². The molecule has 0 bridgehead atoms. The van der Waals surface area contributed by atoms with Crippen molar-refractivity contribution < 1.29 is 0 Å². The Morgan fingerprint density at radius 2 is 1.13 bits per heavy atom. The second kappa shape index (κ2) is 8.08. The molecule has 0 spiro atoms. The quantitative estimate of drug-likeness (QED) is 0.265. The van der Waals surface area contributed by atoms with Gasteiger partial charge >= 0.3 is 0 Å². The number of hydrogen-bond acceptors (Lipinski definition) is 4. The molecule has 0 fully saturated rings. The van der Waals surface area contributed by atoms with Gasteiger partial charge in [0.1, 0.15) is 11.0 Å². The van der Waals surface area contributed by atoms with E-state index in [2.05, 4.69) is 69.8 Å². The summed E-state index contributed by atoms with van der Waals surface area (Å²) in [6.07, 6.45) is 5.61. The van der Waals surface area contributed by atoms with Crippen LogP contribution in [0.1, 0.15) is 0 Å². The lowest BCUT2D eigenvalue weighted by Crippen LogP contribution is -1.98. The molecule has 5 aromatic heterocycles. The summed E-state index contributed by atoms with van der Waals surface area (Å²) < 4.78 is 4.44. The Kier molecular flexibility index (Phi) is 4.42. The number of aromatic nitrogens is 6. The van der Waals surface area contributed by atoms with E-state index in [-0.39, 0.29) is 0 Å². The van der Waals surface area contributed by atoms with Gasteiger partial charge in [0.2, 0.25) is 0 Å². The molecule has 8 aromatic rings. The summed E-state index contributed by atoms with van der Waals surface area (Å²) in [5, 5.41) is 1.08. The van der Waals surface area contributed by atoms with Gasteiger partial charge in [-0.05, 0) is 36.4 Å². The molecule has 5 heterocycles. The van der Waals surface area contributed by atoms with Crippen molar-refractivity contribution in [3.05, 3.63) is 122 Å². The fraction of sp³-hybridized carbons (Fsp3) is 0. The van der Waals surface area contributed by atoms with Crippen molar-refractivity contribution in [2.75, 3.05) is 0 Å². The summed E-state index contributed by atoms with van der Waals surface area (Å²) in [5.41, 5.74) is 9.73. The van der Waals surface area contributed by atoms with Crippen LogP contribution in [0.4, 0.5) is 0 Å². The first-order chi connectivity index (χ1) is 18.9. The Bertz CT molecular complexity index is 2110. The molecule has 0 saturated carbocycles. The van der Waals surface area contributed by atoms with Crippen molar-refractivity contribution in [1.29, 1.82) is 0 Å². The van der Waals surface area contributed by atoms with Crippen molar-refractivity contribution >= 4 is 44.0 Å². The Morgan fingerprint density at radius 1 is 0.474 bits per heavy atom. The molecule has 8 rings (SSSR count). The smallest absolute Gasteiger partial charge is 0.159 e. The van der Waals surface area contributed by atoms with Crippen molar-refractivity contribution in [1.82, 2.24) is 29.1 Å². The van der Waals surface area contributed by atoms with Crippen LogP contribution in [0.15, 0.2) is 122 Å². The lowest BCUT2D eigenvalue weighted by atomic mass is 10.2. The molecule has 0 radical (unpaired) electrons. The topological polar surface area (TPSA) is 61.4 Å². The third kappa shape index (κ3) is 3.01. The maximum atomic E-state index is 5.25. The average Bonchev–Trinajstić information content (AvgIpc) is 3.49. The first-order valence-electron chi connectivity index (χ1n) is 12.5. The van der Waals surface area contributed by atoms with Crippen LogP contribution in [0.3, 0.4) is 0 Å². The molecule has 0 aliphatic heterocycles. The largest absolute Gasteiger partial charge is 0.306 e. The molecule has 38 heavy (non-hydrogen) atoms. The van der Waals surface area contributed by atoms with Crippen molar-refractivity contribution in [3.63, 3.8) is 0 Å². The highest BCUT2D eigenvalue weighted by atomic mass is 15.1. The van der Waals surface area contributed by atoms with Crippen LogP contribution < -0.4 is 0 Å². The van der Waals surface area contributed by atoms with Gasteiger partial charge in [-0.2, -0.15) is 0 Å². The number of rotatable bonds is 3. The maximum absolute atomic E-state index is 5.25. The molecule has 0 unspecified atom stereocenters. The van der Waals surface area contributed by atoms with Crippen LogP contribution in [-0.2, 0) is 0 Å². The number of pyridine rings is 2. The number of benzene rings is 3. The molecule has 3 aromatic carbocycles. The zero-order valence-electron chi connectivity index (χ0n) is 20.2. The average molecular weight is 489 g/mol. The molecule has 0 atom stereocenters. The Balaban J connectivity index is 1.45. The minimum atomic E-state index is 0.700. The van der Waals surface area contributed by atoms with Crippen LogP contribution >= 0.6 is 0 Å². The normalized spacial score (nSPS) is 11.7. The molecule has 0 saturated heterocycles. The fourth-order valence-corrected chi connectivity index (χ4v) is 5.40. The van der Waals surface area contributed by atoms with Gasteiger partial charge < -0.3 is 9.13 Å². The minimum absolute atomic E-state index is 0.700. The van der Waals surface area contributed by atoms with Gasteiger partial charge in [0.05, 0.1) is 45.7 Å². The highest BCUT2D eigenvalue weighted by Gasteiger charge is 2.20. The van der Waals surface area contributed by atoms with Crippen molar-refractivity contribution in [2.24, 2.45) is 0 Å². The number of hydrogen-bond donors (Lipinski definition) is 0. The molecule has 6 nitrogen and oxygen atoms in total. The van der Waals surface area contributed by atoms with Gasteiger partial charge in [-0.1, -0.05) is 66.7 Å². The zero-order valence-corrected chi connectivity index (χ0v) is 20.2. The Hall–Kier alpha value is -5.36. The van der Waals surface area contributed by atoms with Gasteiger partial charge in [0.15, 0.2) is 5.82 Å². The second-order valence-corrected chi connectivity index (χ2v) is 9.25. The van der Waals surface area contributed by atoms with E-state index < -0.39 is 0 Å². The Labute approximate surface area is 217 Å². The number of para-hydroxylation sites is 2. The standard InChI is InChI=1S/C32H20N6/c1-3-10-21(11-4-1)32-34-19-23(20-35-32)38-25-15-8-7-14-24(25)29-27(38)18-28-31(36-29)30-26(16-9-17-33-30)37(28)22-12-5-2-6-13-22/h1-20H. The van der Waals surface area contributed by atoms with E-state index in [1.807, 2.05) is 61.1 Å². The van der Waals surface area contributed by atoms with Gasteiger partial charge in [0.25, 0.3) is 0 Å². The third-order valence-electron chi connectivity index (χ3n) is 7.06. The van der Waals surface area contributed by atoms with E-state index in [1.54, 1.807) is 0 Å². The second-order valence-electron chi connectivity index (χ2n) is 9.25. The SMILES string of the molecule is c1ccc(-c2ncc(-n3c4ccccc4c4nc5c6ncccc6n(-c6ccccc6)c5cc43)cn2)cc1. The van der Waals surface area contributed by atoms with Crippen molar-refractivity contribution in [2.45, 2.75) is 0 Å². The summed E-state index contributed by atoms with van der Waals surface area (Å²) in [4.78, 5) is 19.4. The van der Waals surface area contributed by atoms with Gasteiger partial charge in [-0.3, -0.25) is 4.98 Å². The van der Waals surface area contributed by atoms with Crippen LogP contribution in [0.25, 0.3) is 66.8 Å². The lowest BCUT2D eigenvalue weighted by Gasteiger charge is -2.09. The van der Waals surface area contributed by atoms with Crippen LogP contribution in [-0.4, -0.2) is 29.1 Å². The van der Waals surface area contributed by atoms with Gasteiger partial charge in [-0.15, -0.1) is 0 Å². The monoisotopic (exact) mass is 488 g/mol. The summed E-state index contributed by atoms with van der Waals surface area (Å²) in [6.45, 7) is 0. The first-order valence-corrected chi connectivity index (χ1v) is 12.5. The molecular formula is C32H20N6. The molecular weight excluding hydrogens is 468 g/mol. The number of nitrogens with zero attached hydrogens (tertiary/aromatic N) is 6. The van der Waals surface area contributed by atoms with E-state index in [4.69, 9.17) is 19.9 Å². The molecule has 6 heteroatoms. The summed E-state index contributed by atoms with van der Waals surface area (Å²) in [7, 11) is 0. The van der Waals surface area contributed by atoms with E-state index in [0.29, 0.717) is 5.82 Å². The zero-order chi connectivity index (χ0) is 25.1. The Morgan fingerprint density at radius 3 is 1.95 bits per heavy atom. The van der Waals surface area contributed by atoms with Crippen molar-refractivity contribution in [3.8, 4) is 22.8 Å². The molecule has 0 aliphatic carbocycles. The third-order valence-corrected chi connectivity index (χ3v) is 7.06. The van der Waals surface area contributed by atoms with E-state index in [1.165, 1.54) is 0 Å². The highest BCUT2D eigenvalue weighted by Crippen LogP contribution is 2.36. The van der Waals surface area contributed by atoms with Crippen LogP contribution in [0.2, 0.25) is 0 Å². The molecule has 178 valence electrons. The van der Waals surface area contributed by atoms with Crippen LogP contribution in [0.5, 0.6) is 0 Å². The van der Waals surface area contributed by atoms with E-state index >= 15 is 0 Å². The maximum Gasteiger partial charge on any atom is 0.159 e. The molecule has 0 N–H and O–H groups in total. The minimum Gasteiger partial charge on any atom is -0.306 e. The van der Waals surface area contributed by atoms with E-state index in [9.17, 15) is 0 Å². The highest BCUT2D eigenvalue weighted by molar-refractivity contribution is 6.14. The summed E-state index contributed by atoms with van der Waals surface area (Å²) in [5.74, 6) is 0.700. The van der Waals surface area contributed by atoms with Gasteiger partial charge in [-0.25, -0.2) is 15.0 Å². The fourth-order valence-electron chi connectivity index (χ4n) is 5.40. The molecule has 0 aliphatic rings. The summed E-state index contributed by atoms with van der Waals surface area (Å²) >= 11 is 0. The van der Waals surface area contributed by atoms with E-state index in [0.717, 1.165) is 60.9 Å². The van der Waals surface area contributed by atoms with Gasteiger partial charge in [0, 0.05) is 22.8 Å². The first kappa shape index (κ1) is 20.8. The lowest BCUT2D eigenvalue weighted by molar-refractivity contribution is 1.08. The predicted molar refractivity (Wildman–Crippen MR) is 152 cm³/mol. The summed E-state index contributed by atoms with van der Waals surface area (Å²) in [6, 6.07) is 35.0. The predicted octanol–water partition coefficient (Wildman–Crippen LogP) is 7.13.